The minimum absolute atomic E-state index is 0.153. The lowest BCUT2D eigenvalue weighted by atomic mass is 10.0. The molecule has 20 heavy (non-hydrogen) atoms. The van der Waals surface area contributed by atoms with Gasteiger partial charge >= 0.3 is 0 Å². The number of aryl methyl sites for hydroxylation is 2. The number of rotatable bonds is 1. The summed E-state index contributed by atoms with van der Waals surface area (Å²) < 4.78 is 2.16. The summed E-state index contributed by atoms with van der Waals surface area (Å²) in [6.07, 6.45) is 2.47. The zero-order valence-electron chi connectivity index (χ0n) is 11.4. The van der Waals surface area contributed by atoms with E-state index >= 15 is 0 Å². The fraction of sp³-hybridized carbons (Fsp3) is 0.400. The molecule has 0 spiro atoms. The van der Waals surface area contributed by atoms with Gasteiger partial charge in [0.25, 0.3) is 0 Å². The molecule has 1 unspecified atom stereocenters. The predicted molar refractivity (Wildman–Crippen MR) is 73.8 cm³/mol. The van der Waals surface area contributed by atoms with Gasteiger partial charge in [0.15, 0.2) is 0 Å². The van der Waals surface area contributed by atoms with Crippen LogP contribution in [0.25, 0.3) is 5.69 Å². The van der Waals surface area contributed by atoms with Crippen molar-refractivity contribution in [1.29, 1.82) is 0 Å². The molecule has 3 heterocycles. The molecule has 2 aliphatic heterocycles. The van der Waals surface area contributed by atoms with Crippen LogP contribution in [-0.4, -0.2) is 39.2 Å². The summed E-state index contributed by atoms with van der Waals surface area (Å²) in [5.74, 6) is 2.29. The summed E-state index contributed by atoms with van der Waals surface area (Å²) in [4.78, 5) is 13.5. The zero-order chi connectivity index (χ0) is 13.7. The van der Waals surface area contributed by atoms with E-state index in [9.17, 15) is 4.79 Å². The Morgan fingerprint density at radius 1 is 1.20 bits per heavy atom. The quantitative estimate of drug-likeness (QED) is 0.783. The molecule has 0 radical (unpaired) electrons. The minimum Gasteiger partial charge on any atom is -0.345 e. The molecule has 4 rings (SSSR count). The van der Waals surface area contributed by atoms with Gasteiger partial charge in [0.05, 0.1) is 5.69 Å². The number of likely N-dealkylation sites (tertiary alicyclic amines) is 1. The topological polar surface area (TPSA) is 51.0 Å². The molecule has 1 fully saturated rings. The number of fused-ring (bicyclic) bond motifs is 3. The van der Waals surface area contributed by atoms with E-state index in [0.717, 1.165) is 31.0 Å². The van der Waals surface area contributed by atoms with Crippen LogP contribution in [0, 0.1) is 0 Å². The van der Waals surface area contributed by atoms with Crippen LogP contribution in [-0.2, 0) is 17.6 Å². The van der Waals surface area contributed by atoms with Gasteiger partial charge in [-0.1, -0.05) is 18.2 Å². The van der Waals surface area contributed by atoms with Gasteiger partial charge in [0.2, 0.25) is 5.91 Å². The van der Waals surface area contributed by atoms with Crippen molar-refractivity contribution in [1.82, 2.24) is 19.7 Å². The number of para-hydroxylation sites is 1. The molecular formula is C15H16N4O. The lowest BCUT2D eigenvalue weighted by Crippen LogP contribution is -2.20. The molecule has 1 amide bonds. The van der Waals surface area contributed by atoms with Crippen molar-refractivity contribution in [3.05, 3.63) is 41.5 Å². The highest BCUT2D eigenvalue weighted by molar-refractivity contribution is 5.79. The highest BCUT2D eigenvalue weighted by Gasteiger charge is 2.33. The molecule has 0 bridgehead atoms. The lowest BCUT2D eigenvalue weighted by molar-refractivity contribution is -0.126. The SMILES string of the molecule is CN1CC(c2nnc3n2-c2ccccc2CC3)CC1=O. The normalized spacial score (nSPS) is 20.9. The van der Waals surface area contributed by atoms with Gasteiger partial charge in [-0.05, 0) is 18.1 Å². The van der Waals surface area contributed by atoms with Crippen molar-refractivity contribution in [3.8, 4) is 5.69 Å². The van der Waals surface area contributed by atoms with Gasteiger partial charge in [-0.3, -0.25) is 9.36 Å². The van der Waals surface area contributed by atoms with Gasteiger partial charge < -0.3 is 4.90 Å². The summed E-state index contributed by atoms with van der Waals surface area (Å²) in [5.41, 5.74) is 2.51. The van der Waals surface area contributed by atoms with Crippen LogP contribution < -0.4 is 0 Å². The second-order valence-corrected chi connectivity index (χ2v) is 5.61. The van der Waals surface area contributed by atoms with E-state index in [0.29, 0.717) is 6.42 Å². The summed E-state index contributed by atoms with van der Waals surface area (Å²) in [6, 6.07) is 8.39. The molecule has 1 aromatic carbocycles. The van der Waals surface area contributed by atoms with Crippen molar-refractivity contribution >= 4 is 5.91 Å². The molecule has 0 saturated carbocycles. The second kappa shape index (κ2) is 4.16. The number of amides is 1. The van der Waals surface area contributed by atoms with Gasteiger partial charge in [-0.25, -0.2) is 0 Å². The first kappa shape index (κ1) is 11.6. The number of carbonyl (C=O) groups is 1. The molecular weight excluding hydrogens is 252 g/mol. The fourth-order valence-corrected chi connectivity index (χ4v) is 3.24. The van der Waals surface area contributed by atoms with Crippen LogP contribution in [0.15, 0.2) is 24.3 Å². The first-order valence-electron chi connectivity index (χ1n) is 7.00. The summed E-state index contributed by atoms with van der Waals surface area (Å²) in [5, 5.41) is 8.72. The number of carbonyl (C=O) groups excluding carboxylic acids is 1. The number of nitrogens with zero attached hydrogens (tertiary/aromatic N) is 4. The molecule has 2 aromatic rings. The van der Waals surface area contributed by atoms with Crippen LogP contribution in [0.4, 0.5) is 0 Å². The molecule has 1 atom stereocenters. The summed E-state index contributed by atoms with van der Waals surface area (Å²) in [6.45, 7) is 0.735. The average Bonchev–Trinajstić information content (AvgIpc) is 3.03. The standard InChI is InChI=1S/C15H16N4O/c1-18-9-11(8-14(18)20)15-17-16-13-7-6-10-4-2-3-5-12(10)19(13)15/h2-5,11H,6-9H2,1H3. The van der Waals surface area contributed by atoms with E-state index in [1.165, 1.54) is 11.3 Å². The maximum atomic E-state index is 11.8. The average molecular weight is 268 g/mol. The van der Waals surface area contributed by atoms with E-state index in [1.54, 1.807) is 4.90 Å². The monoisotopic (exact) mass is 268 g/mol. The Hall–Kier alpha value is -2.17. The third-order valence-electron chi connectivity index (χ3n) is 4.31. The van der Waals surface area contributed by atoms with Crippen molar-refractivity contribution in [2.75, 3.05) is 13.6 Å². The first-order valence-corrected chi connectivity index (χ1v) is 7.00. The second-order valence-electron chi connectivity index (χ2n) is 5.61. The van der Waals surface area contributed by atoms with Crippen LogP contribution in [0.5, 0.6) is 0 Å². The van der Waals surface area contributed by atoms with E-state index in [4.69, 9.17) is 0 Å². The van der Waals surface area contributed by atoms with Gasteiger partial charge in [-0.2, -0.15) is 0 Å². The largest absolute Gasteiger partial charge is 0.345 e. The molecule has 5 heteroatoms. The van der Waals surface area contributed by atoms with Crippen LogP contribution >= 0.6 is 0 Å². The number of hydrogen-bond acceptors (Lipinski definition) is 3. The predicted octanol–water partition coefficient (Wildman–Crippen LogP) is 1.31. The number of aromatic nitrogens is 3. The van der Waals surface area contributed by atoms with E-state index in [2.05, 4.69) is 33.0 Å². The zero-order valence-corrected chi connectivity index (χ0v) is 11.4. The third kappa shape index (κ3) is 1.59. The van der Waals surface area contributed by atoms with Crippen molar-refractivity contribution in [3.63, 3.8) is 0 Å². The molecule has 5 nitrogen and oxygen atoms in total. The van der Waals surface area contributed by atoms with E-state index in [-0.39, 0.29) is 11.8 Å². The van der Waals surface area contributed by atoms with Crippen molar-refractivity contribution in [2.45, 2.75) is 25.2 Å². The molecule has 0 N–H and O–H groups in total. The maximum absolute atomic E-state index is 11.8. The van der Waals surface area contributed by atoms with Crippen LogP contribution in [0.2, 0.25) is 0 Å². The maximum Gasteiger partial charge on any atom is 0.223 e. The lowest BCUT2D eigenvalue weighted by Gasteiger charge is -2.20. The highest BCUT2D eigenvalue weighted by Crippen LogP contribution is 2.32. The highest BCUT2D eigenvalue weighted by atomic mass is 16.2. The number of likely N-dealkylation sites (N-methyl/N-ethyl adjacent to an activating group) is 1. The van der Waals surface area contributed by atoms with E-state index in [1.807, 2.05) is 13.1 Å². The van der Waals surface area contributed by atoms with Gasteiger partial charge in [0, 0.05) is 32.4 Å². The third-order valence-corrected chi connectivity index (χ3v) is 4.31. The molecule has 2 aliphatic rings. The minimum atomic E-state index is 0.153. The Balaban J connectivity index is 1.82. The van der Waals surface area contributed by atoms with Crippen LogP contribution in [0.3, 0.4) is 0 Å². The smallest absolute Gasteiger partial charge is 0.223 e. The fourth-order valence-electron chi connectivity index (χ4n) is 3.24. The van der Waals surface area contributed by atoms with Crippen LogP contribution in [0.1, 0.15) is 29.6 Å². The van der Waals surface area contributed by atoms with E-state index < -0.39 is 0 Å². The summed E-state index contributed by atoms with van der Waals surface area (Å²) >= 11 is 0. The molecule has 1 saturated heterocycles. The molecule has 0 aliphatic carbocycles. The molecule has 1 aromatic heterocycles. The van der Waals surface area contributed by atoms with Gasteiger partial charge in [-0.15, -0.1) is 10.2 Å². The summed E-state index contributed by atoms with van der Waals surface area (Å²) in [7, 11) is 1.85. The Morgan fingerprint density at radius 3 is 2.85 bits per heavy atom. The Labute approximate surface area is 117 Å². The van der Waals surface area contributed by atoms with Gasteiger partial charge in [0.1, 0.15) is 11.6 Å². The van der Waals surface area contributed by atoms with Crippen molar-refractivity contribution < 1.29 is 4.79 Å². The first-order chi connectivity index (χ1) is 9.74. The Morgan fingerprint density at radius 2 is 2.05 bits per heavy atom. The number of hydrogen-bond donors (Lipinski definition) is 0. The Bertz CT molecular complexity index is 691. The van der Waals surface area contributed by atoms with Crippen molar-refractivity contribution in [2.24, 2.45) is 0 Å². The molecule has 102 valence electrons. The number of benzene rings is 1. The Kier molecular flexibility index (Phi) is 2.42.